The molecule has 17 heavy (non-hydrogen) atoms. The summed E-state index contributed by atoms with van der Waals surface area (Å²) in [5, 5.41) is 0. The first-order valence-electron chi connectivity index (χ1n) is 5.07. The topological polar surface area (TPSA) is 17.8 Å². The van der Waals surface area contributed by atoms with Crippen LogP contribution in [0.2, 0.25) is 0 Å². The molecular weight excluding hydrogens is 290 g/mol. The molecule has 0 radical (unpaired) electrons. The van der Waals surface area contributed by atoms with E-state index in [9.17, 15) is 8.78 Å². The second kappa shape index (κ2) is 4.22. The Morgan fingerprint density at radius 1 is 1.24 bits per heavy atom. The van der Waals surface area contributed by atoms with Gasteiger partial charge in [0.05, 0.1) is 5.69 Å². The van der Waals surface area contributed by atoms with Crippen LogP contribution in [0.3, 0.4) is 0 Å². The summed E-state index contributed by atoms with van der Waals surface area (Å²) in [4.78, 5) is 3.89. The van der Waals surface area contributed by atoms with Crippen LogP contribution in [0.1, 0.15) is 12.7 Å². The van der Waals surface area contributed by atoms with Crippen LogP contribution in [0.25, 0.3) is 11.3 Å². The van der Waals surface area contributed by atoms with Crippen LogP contribution < -0.4 is 0 Å². The third kappa shape index (κ3) is 2.24. The largest absolute Gasteiger partial charge is 0.325 e. The normalized spacial score (nSPS) is 11.8. The fraction of sp³-hybridized carbons (Fsp3) is 0.250. The Balaban J connectivity index is 2.61. The highest BCUT2D eigenvalue weighted by atomic mass is 79.9. The maximum atomic E-state index is 13.3. The number of alkyl halides is 2. The van der Waals surface area contributed by atoms with Gasteiger partial charge in [-0.2, -0.15) is 8.78 Å². The lowest BCUT2D eigenvalue weighted by molar-refractivity contribution is 0.00508. The van der Waals surface area contributed by atoms with Gasteiger partial charge in [0.2, 0.25) is 0 Å². The molecule has 0 amide bonds. The van der Waals surface area contributed by atoms with E-state index >= 15 is 0 Å². The van der Waals surface area contributed by atoms with Crippen molar-refractivity contribution in [2.75, 3.05) is 0 Å². The summed E-state index contributed by atoms with van der Waals surface area (Å²) in [5.74, 6) is -3.20. The molecule has 2 aromatic rings. The van der Waals surface area contributed by atoms with Gasteiger partial charge in [-0.3, -0.25) is 0 Å². The van der Waals surface area contributed by atoms with Gasteiger partial charge < -0.3 is 4.57 Å². The third-order valence-electron chi connectivity index (χ3n) is 2.49. The molecule has 0 unspecified atom stereocenters. The summed E-state index contributed by atoms with van der Waals surface area (Å²) in [6.07, 6.45) is 0. The average Bonchev–Trinajstić information content (AvgIpc) is 2.55. The first-order valence-corrected chi connectivity index (χ1v) is 5.86. The Labute approximate surface area is 106 Å². The molecule has 0 atom stereocenters. The lowest BCUT2D eigenvalue weighted by Gasteiger charge is -2.11. The molecule has 0 N–H and O–H groups in total. The van der Waals surface area contributed by atoms with Gasteiger partial charge in [0.15, 0.2) is 5.82 Å². The van der Waals surface area contributed by atoms with Gasteiger partial charge in [0.1, 0.15) is 4.60 Å². The second-order valence-corrected chi connectivity index (χ2v) is 4.64. The summed E-state index contributed by atoms with van der Waals surface area (Å²) in [7, 11) is 1.59. The zero-order valence-electron chi connectivity index (χ0n) is 9.42. The van der Waals surface area contributed by atoms with Crippen LogP contribution in [0.15, 0.2) is 34.9 Å². The predicted molar refractivity (Wildman–Crippen MR) is 65.9 cm³/mol. The zero-order valence-corrected chi connectivity index (χ0v) is 11.0. The Kier molecular flexibility index (Phi) is 3.03. The van der Waals surface area contributed by atoms with E-state index in [-0.39, 0.29) is 5.82 Å². The van der Waals surface area contributed by atoms with Crippen LogP contribution >= 0.6 is 15.9 Å². The van der Waals surface area contributed by atoms with Crippen LogP contribution in [0, 0.1) is 0 Å². The molecule has 2 rings (SSSR count). The zero-order chi connectivity index (χ0) is 12.6. The minimum atomic E-state index is -2.95. The molecule has 1 heterocycles. The van der Waals surface area contributed by atoms with Gasteiger partial charge in [-0.15, -0.1) is 0 Å². The molecule has 0 aliphatic rings. The number of nitrogens with zero attached hydrogens (tertiary/aromatic N) is 2. The van der Waals surface area contributed by atoms with Gasteiger partial charge in [0.25, 0.3) is 0 Å². The number of hydrogen-bond acceptors (Lipinski definition) is 1. The molecule has 1 aromatic carbocycles. The van der Waals surface area contributed by atoms with Crippen molar-refractivity contribution in [2.45, 2.75) is 12.8 Å². The molecule has 0 aliphatic carbocycles. The van der Waals surface area contributed by atoms with Crippen molar-refractivity contribution in [2.24, 2.45) is 7.05 Å². The van der Waals surface area contributed by atoms with Crippen molar-refractivity contribution >= 4 is 15.9 Å². The van der Waals surface area contributed by atoms with Crippen LogP contribution in [-0.2, 0) is 13.0 Å². The summed E-state index contributed by atoms with van der Waals surface area (Å²) in [6.45, 7) is 0.844. The molecular formula is C12H11BrF2N2. The second-order valence-electron chi connectivity index (χ2n) is 3.89. The van der Waals surface area contributed by atoms with Gasteiger partial charge in [-0.1, -0.05) is 30.3 Å². The summed E-state index contributed by atoms with van der Waals surface area (Å²) < 4.78 is 28.5. The molecule has 1 aromatic heterocycles. The molecule has 0 aliphatic heterocycles. The highest BCUT2D eigenvalue weighted by molar-refractivity contribution is 9.10. The van der Waals surface area contributed by atoms with E-state index in [2.05, 4.69) is 20.9 Å². The van der Waals surface area contributed by atoms with Crippen molar-refractivity contribution in [3.05, 3.63) is 40.8 Å². The molecule has 2 nitrogen and oxygen atoms in total. The van der Waals surface area contributed by atoms with Crippen LogP contribution in [0.4, 0.5) is 8.78 Å². The quantitative estimate of drug-likeness (QED) is 0.821. The summed E-state index contributed by atoms with van der Waals surface area (Å²) in [5.41, 5.74) is 1.51. The van der Waals surface area contributed by atoms with Crippen molar-refractivity contribution in [3.8, 4) is 11.3 Å². The Hall–Kier alpha value is -1.23. The maximum Gasteiger partial charge on any atom is 0.302 e. The van der Waals surface area contributed by atoms with E-state index in [4.69, 9.17) is 0 Å². The average molecular weight is 301 g/mol. The highest BCUT2D eigenvalue weighted by Gasteiger charge is 2.32. The Bertz CT molecular complexity index is 529. The molecule has 90 valence electrons. The first-order chi connectivity index (χ1) is 7.91. The fourth-order valence-electron chi connectivity index (χ4n) is 1.77. The minimum Gasteiger partial charge on any atom is -0.325 e. The van der Waals surface area contributed by atoms with Crippen molar-refractivity contribution < 1.29 is 8.78 Å². The monoisotopic (exact) mass is 300 g/mol. The van der Waals surface area contributed by atoms with Gasteiger partial charge >= 0.3 is 5.92 Å². The lowest BCUT2D eigenvalue weighted by Crippen LogP contribution is -2.14. The van der Waals surface area contributed by atoms with E-state index < -0.39 is 5.92 Å². The SMILES string of the molecule is Cn1c(C(C)(F)F)nc(Br)c1-c1ccccc1. The van der Waals surface area contributed by atoms with E-state index in [1.54, 1.807) is 7.05 Å². The number of halogens is 3. The minimum absolute atomic E-state index is 0.247. The van der Waals surface area contributed by atoms with E-state index in [1.165, 1.54) is 4.57 Å². The van der Waals surface area contributed by atoms with Crippen molar-refractivity contribution in [1.29, 1.82) is 0 Å². The highest BCUT2D eigenvalue weighted by Crippen LogP contribution is 2.34. The number of hydrogen-bond donors (Lipinski definition) is 0. The smallest absolute Gasteiger partial charge is 0.302 e. The number of imidazole rings is 1. The fourth-order valence-corrected chi connectivity index (χ4v) is 2.43. The van der Waals surface area contributed by atoms with Crippen LogP contribution in [-0.4, -0.2) is 9.55 Å². The molecule has 0 bridgehead atoms. The lowest BCUT2D eigenvalue weighted by atomic mass is 10.2. The number of benzene rings is 1. The first kappa shape index (κ1) is 12.2. The number of aromatic nitrogens is 2. The summed E-state index contributed by atoms with van der Waals surface area (Å²) >= 11 is 3.23. The summed E-state index contributed by atoms with van der Waals surface area (Å²) in [6, 6.07) is 9.32. The molecule has 0 saturated carbocycles. The Morgan fingerprint density at radius 3 is 2.29 bits per heavy atom. The van der Waals surface area contributed by atoms with Crippen LogP contribution in [0.5, 0.6) is 0 Å². The van der Waals surface area contributed by atoms with Crippen molar-refractivity contribution in [1.82, 2.24) is 9.55 Å². The molecule has 0 spiro atoms. The van der Waals surface area contributed by atoms with E-state index in [1.807, 2.05) is 30.3 Å². The van der Waals surface area contributed by atoms with Crippen molar-refractivity contribution in [3.63, 3.8) is 0 Å². The maximum absolute atomic E-state index is 13.3. The molecule has 5 heteroatoms. The van der Waals surface area contributed by atoms with Gasteiger partial charge in [0, 0.05) is 19.5 Å². The standard InChI is InChI=1S/C12H11BrF2N2/c1-12(14,15)11-16-10(13)9(17(11)2)8-6-4-3-5-7-8/h3-7H,1-2H3. The van der Waals surface area contributed by atoms with Gasteiger partial charge in [-0.05, 0) is 15.9 Å². The third-order valence-corrected chi connectivity index (χ3v) is 3.05. The Morgan fingerprint density at radius 2 is 1.82 bits per heavy atom. The predicted octanol–water partition coefficient (Wildman–Crippen LogP) is 3.96. The molecule has 0 fully saturated rings. The number of rotatable bonds is 2. The van der Waals surface area contributed by atoms with E-state index in [0.717, 1.165) is 12.5 Å². The van der Waals surface area contributed by atoms with E-state index in [0.29, 0.717) is 10.3 Å². The molecule has 0 saturated heterocycles. The van der Waals surface area contributed by atoms with Gasteiger partial charge in [-0.25, -0.2) is 4.98 Å².